The molecule has 1 heterocycles. The van der Waals surface area contributed by atoms with Crippen LogP contribution in [0.25, 0.3) is 0 Å². The molecule has 1 saturated heterocycles. The Morgan fingerprint density at radius 3 is 2.54 bits per heavy atom. The first-order chi connectivity index (χ1) is 12.6. The van der Waals surface area contributed by atoms with Gasteiger partial charge in [0.1, 0.15) is 5.82 Å². The Hall–Kier alpha value is -2.69. The van der Waals surface area contributed by atoms with E-state index in [-0.39, 0.29) is 23.7 Å². The summed E-state index contributed by atoms with van der Waals surface area (Å²) in [7, 11) is 0. The van der Waals surface area contributed by atoms with Gasteiger partial charge in [0, 0.05) is 25.1 Å². The van der Waals surface area contributed by atoms with Crippen molar-refractivity contribution in [2.75, 3.05) is 13.1 Å². The zero-order chi connectivity index (χ0) is 18.4. The maximum Gasteiger partial charge on any atom is 0.251 e. The predicted octanol–water partition coefficient (Wildman–Crippen LogP) is 3.70. The molecule has 1 aliphatic heterocycles. The minimum Gasteiger partial charge on any atom is -0.352 e. The fraction of sp³-hybridized carbons (Fsp3) is 0.333. The standard InChI is InChI=1S/C21H23FN2O2/c22-18-12-10-16(11-13-18)19-8-5-15-24(19)20(25)9-4-14-23-21(26)17-6-2-1-3-7-17/h1-3,6-7,10-13,19H,4-5,8-9,14-15H2,(H,23,26). The highest BCUT2D eigenvalue weighted by Gasteiger charge is 2.29. The summed E-state index contributed by atoms with van der Waals surface area (Å²) in [6.45, 7) is 1.20. The second kappa shape index (κ2) is 8.61. The van der Waals surface area contributed by atoms with Crippen LogP contribution in [0, 0.1) is 5.82 Å². The molecule has 1 fully saturated rings. The molecule has 3 rings (SSSR count). The van der Waals surface area contributed by atoms with Gasteiger partial charge in [-0.15, -0.1) is 0 Å². The number of nitrogens with one attached hydrogen (secondary N) is 1. The van der Waals surface area contributed by atoms with E-state index in [1.54, 1.807) is 24.3 Å². The van der Waals surface area contributed by atoms with Gasteiger partial charge in [-0.1, -0.05) is 30.3 Å². The Morgan fingerprint density at radius 1 is 1.08 bits per heavy atom. The molecule has 2 aromatic carbocycles. The Kier molecular flexibility index (Phi) is 6.00. The van der Waals surface area contributed by atoms with E-state index in [4.69, 9.17) is 0 Å². The summed E-state index contributed by atoms with van der Waals surface area (Å²) in [4.78, 5) is 26.4. The van der Waals surface area contributed by atoms with Crippen LogP contribution in [0.5, 0.6) is 0 Å². The summed E-state index contributed by atoms with van der Waals surface area (Å²) in [5.74, 6) is -0.298. The van der Waals surface area contributed by atoms with Gasteiger partial charge in [-0.2, -0.15) is 0 Å². The van der Waals surface area contributed by atoms with Gasteiger partial charge in [-0.05, 0) is 49.1 Å². The molecule has 1 aliphatic rings. The van der Waals surface area contributed by atoms with Crippen molar-refractivity contribution in [1.29, 1.82) is 0 Å². The molecule has 0 saturated carbocycles. The van der Waals surface area contributed by atoms with Crippen molar-refractivity contribution in [3.05, 3.63) is 71.5 Å². The number of likely N-dealkylation sites (tertiary alicyclic amines) is 1. The lowest BCUT2D eigenvalue weighted by molar-refractivity contribution is -0.132. The summed E-state index contributed by atoms with van der Waals surface area (Å²) in [5.41, 5.74) is 1.60. The lowest BCUT2D eigenvalue weighted by Gasteiger charge is -2.25. The summed E-state index contributed by atoms with van der Waals surface area (Å²) in [6.07, 6.45) is 2.86. The van der Waals surface area contributed by atoms with Gasteiger partial charge in [-0.25, -0.2) is 4.39 Å². The fourth-order valence-electron chi connectivity index (χ4n) is 3.37. The maximum atomic E-state index is 13.1. The number of nitrogens with zero attached hydrogens (tertiary/aromatic N) is 1. The van der Waals surface area contributed by atoms with Gasteiger partial charge in [0.2, 0.25) is 5.91 Å². The van der Waals surface area contributed by atoms with Crippen molar-refractivity contribution in [2.45, 2.75) is 31.7 Å². The van der Waals surface area contributed by atoms with Crippen LogP contribution in [0.2, 0.25) is 0 Å². The topological polar surface area (TPSA) is 49.4 Å². The van der Waals surface area contributed by atoms with Gasteiger partial charge in [0.25, 0.3) is 5.91 Å². The quantitative estimate of drug-likeness (QED) is 0.804. The van der Waals surface area contributed by atoms with Crippen molar-refractivity contribution in [1.82, 2.24) is 10.2 Å². The first-order valence-electron chi connectivity index (χ1n) is 9.03. The number of halogens is 1. The van der Waals surface area contributed by atoms with Crippen LogP contribution in [-0.4, -0.2) is 29.8 Å². The summed E-state index contributed by atoms with van der Waals surface area (Å²) >= 11 is 0. The van der Waals surface area contributed by atoms with E-state index in [1.165, 1.54) is 12.1 Å². The fourth-order valence-corrected chi connectivity index (χ4v) is 3.37. The van der Waals surface area contributed by atoms with Crippen LogP contribution in [0.1, 0.15) is 47.6 Å². The lowest BCUT2D eigenvalue weighted by Crippen LogP contribution is -2.31. The largest absolute Gasteiger partial charge is 0.352 e. The molecule has 1 unspecified atom stereocenters. The molecule has 2 aromatic rings. The average Bonchev–Trinajstić information content (AvgIpc) is 3.16. The molecule has 0 spiro atoms. The van der Waals surface area contributed by atoms with E-state index < -0.39 is 0 Å². The van der Waals surface area contributed by atoms with Crippen molar-refractivity contribution in [2.24, 2.45) is 0 Å². The van der Waals surface area contributed by atoms with E-state index in [0.29, 0.717) is 24.9 Å². The maximum absolute atomic E-state index is 13.1. The summed E-state index contributed by atoms with van der Waals surface area (Å²) < 4.78 is 13.1. The Labute approximate surface area is 153 Å². The van der Waals surface area contributed by atoms with Gasteiger partial charge in [0.15, 0.2) is 0 Å². The molecule has 5 heteroatoms. The van der Waals surface area contributed by atoms with Crippen molar-refractivity contribution < 1.29 is 14.0 Å². The van der Waals surface area contributed by atoms with Gasteiger partial charge >= 0.3 is 0 Å². The van der Waals surface area contributed by atoms with Crippen molar-refractivity contribution >= 4 is 11.8 Å². The number of carbonyl (C=O) groups is 2. The van der Waals surface area contributed by atoms with Crippen LogP contribution in [0.3, 0.4) is 0 Å². The van der Waals surface area contributed by atoms with E-state index in [9.17, 15) is 14.0 Å². The number of amides is 2. The SMILES string of the molecule is O=C(NCCCC(=O)N1CCCC1c1ccc(F)cc1)c1ccccc1. The molecular weight excluding hydrogens is 331 g/mol. The zero-order valence-corrected chi connectivity index (χ0v) is 14.7. The van der Waals surface area contributed by atoms with Gasteiger partial charge in [-0.3, -0.25) is 9.59 Å². The number of hydrogen-bond acceptors (Lipinski definition) is 2. The highest BCUT2D eigenvalue weighted by Crippen LogP contribution is 2.32. The van der Waals surface area contributed by atoms with Crippen LogP contribution in [-0.2, 0) is 4.79 Å². The van der Waals surface area contributed by atoms with Gasteiger partial charge in [0.05, 0.1) is 6.04 Å². The highest BCUT2D eigenvalue weighted by atomic mass is 19.1. The Bertz CT molecular complexity index is 746. The van der Waals surface area contributed by atoms with Crippen LogP contribution in [0.4, 0.5) is 4.39 Å². The van der Waals surface area contributed by atoms with Gasteiger partial charge < -0.3 is 10.2 Å². The number of benzene rings is 2. The van der Waals surface area contributed by atoms with E-state index >= 15 is 0 Å². The van der Waals surface area contributed by atoms with Crippen molar-refractivity contribution in [3.63, 3.8) is 0 Å². The molecule has 136 valence electrons. The third-order valence-corrected chi connectivity index (χ3v) is 4.72. The average molecular weight is 354 g/mol. The molecule has 4 nitrogen and oxygen atoms in total. The monoisotopic (exact) mass is 354 g/mol. The van der Waals surface area contributed by atoms with Crippen molar-refractivity contribution in [3.8, 4) is 0 Å². The van der Waals surface area contributed by atoms with E-state index in [1.807, 2.05) is 23.1 Å². The number of carbonyl (C=O) groups excluding carboxylic acids is 2. The van der Waals surface area contributed by atoms with E-state index in [0.717, 1.165) is 24.9 Å². The third-order valence-electron chi connectivity index (χ3n) is 4.72. The second-order valence-electron chi connectivity index (χ2n) is 6.52. The summed E-state index contributed by atoms with van der Waals surface area (Å²) in [6, 6.07) is 15.5. The number of rotatable bonds is 6. The zero-order valence-electron chi connectivity index (χ0n) is 14.7. The lowest BCUT2D eigenvalue weighted by atomic mass is 10.0. The second-order valence-corrected chi connectivity index (χ2v) is 6.52. The predicted molar refractivity (Wildman–Crippen MR) is 98.1 cm³/mol. The minimum atomic E-state index is -0.265. The molecular formula is C21H23FN2O2. The molecule has 1 atom stereocenters. The highest BCUT2D eigenvalue weighted by molar-refractivity contribution is 5.94. The first-order valence-corrected chi connectivity index (χ1v) is 9.03. The van der Waals surface area contributed by atoms with E-state index in [2.05, 4.69) is 5.32 Å². The molecule has 26 heavy (non-hydrogen) atoms. The Morgan fingerprint density at radius 2 is 1.81 bits per heavy atom. The third kappa shape index (κ3) is 4.48. The first kappa shape index (κ1) is 18.1. The Balaban J connectivity index is 1.47. The molecule has 2 amide bonds. The summed E-state index contributed by atoms with van der Waals surface area (Å²) in [5, 5.41) is 2.84. The van der Waals surface area contributed by atoms with Crippen LogP contribution < -0.4 is 5.32 Å². The normalized spacial score (nSPS) is 16.5. The smallest absolute Gasteiger partial charge is 0.251 e. The molecule has 0 aromatic heterocycles. The number of hydrogen-bond donors (Lipinski definition) is 1. The molecule has 0 radical (unpaired) electrons. The minimum absolute atomic E-state index is 0.0296. The molecule has 1 N–H and O–H groups in total. The molecule has 0 aliphatic carbocycles. The van der Waals surface area contributed by atoms with Crippen LogP contribution >= 0.6 is 0 Å². The molecule has 0 bridgehead atoms. The van der Waals surface area contributed by atoms with Crippen LogP contribution in [0.15, 0.2) is 54.6 Å².